The smallest absolute Gasteiger partial charge is 0.265 e. The van der Waals surface area contributed by atoms with Crippen molar-refractivity contribution in [1.29, 1.82) is 0 Å². The summed E-state index contributed by atoms with van der Waals surface area (Å²) in [5, 5.41) is 1.18. The summed E-state index contributed by atoms with van der Waals surface area (Å²) < 4.78 is 11.9. The zero-order valence-electron chi connectivity index (χ0n) is 16.7. The van der Waals surface area contributed by atoms with E-state index in [1.807, 2.05) is 0 Å². The van der Waals surface area contributed by atoms with E-state index in [2.05, 4.69) is 15.9 Å². The van der Waals surface area contributed by atoms with Crippen LogP contribution in [-0.4, -0.2) is 47.9 Å². The first kappa shape index (κ1) is 23.5. The molecular formula is C21H17BrCl2N2O4S. The van der Waals surface area contributed by atoms with Crippen LogP contribution in [0.5, 0.6) is 11.5 Å². The first-order valence-electron chi connectivity index (χ1n) is 8.90. The lowest BCUT2D eigenvalue weighted by Crippen LogP contribution is -2.52. The third-order valence-electron chi connectivity index (χ3n) is 4.63. The van der Waals surface area contributed by atoms with Gasteiger partial charge in [0.2, 0.25) is 0 Å². The maximum absolute atomic E-state index is 12.6. The highest BCUT2D eigenvalue weighted by atomic mass is 79.9. The molecule has 0 aliphatic carbocycles. The van der Waals surface area contributed by atoms with Crippen molar-refractivity contribution < 1.29 is 19.1 Å². The van der Waals surface area contributed by atoms with Gasteiger partial charge in [-0.2, -0.15) is 0 Å². The van der Waals surface area contributed by atoms with Crippen LogP contribution in [-0.2, 0) is 16.2 Å². The molecule has 0 N–H and O–H groups in total. The molecule has 2 aromatic rings. The average molecular weight is 544 g/mol. The number of ether oxygens (including phenoxy) is 2. The van der Waals surface area contributed by atoms with Gasteiger partial charge in [-0.25, -0.2) is 0 Å². The molecule has 0 radical (unpaired) electrons. The van der Waals surface area contributed by atoms with Crippen molar-refractivity contribution in [2.24, 2.45) is 0 Å². The molecule has 6 nitrogen and oxygen atoms in total. The summed E-state index contributed by atoms with van der Waals surface area (Å²) in [5.41, 5.74) is 1.32. The number of benzene rings is 2. The Kier molecular flexibility index (Phi) is 7.26. The number of amides is 2. The maximum Gasteiger partial charge on any atom is 0.265 e. The average Bonchev–Trinajstić information content (AvgIpc) is 2.74. The van der Waals surface area contributed by atoms with Gasteiger partial charge >= 0.3 is 0 Å². The van der Waals surface area contributed by atoms with Crippen molar-refractivity contribution in [2.75, 3.05) is 21.2 Å². The second-order valence-corrected chi connectivity index (χ2v) is 8.68. The Morgan fingerprint density at radius 1 is 1.06 bits per heavy atom. The van der Waals surface area contributed by atoms with Gasteiger partial charge in [0.1, 0.15) is 12.2 Å². The fraction of sp³-hybridized carbons (Fsp3) is 0.190. The lowest BCUT2D eigenvalue weighted by atomic mass is 10.1. The van der Waals surface area contributed by atoms with Gasteiger partial charge in [0, 0.05) is 34.2 Å². The Bertz CT molecular complexity index is 1100. The van der Waals surface area contributed by atoms with Crippen LogP contribution in [0.3, 0.4) is 0 Å². The van der Waals surface area contributed by atoms with Crippen LogP contribution < -0.4 is 9.47 Å². The number of hydrogen-bond acceptors (Lipinski definition) is 5. The van der Waals surface area contributed by atoms with Crippen LogP contribution in [0.15, 0.2) is 40.4 Å². The first-order valence-corrected chi connectivity index (χ1v) is 10.9. The molecule has 1 aliphatic rings. The van der Waals surface area contributed by atoms with E-state index >= 15 is 0 Å². The second-order valence-electron chi connectivity index (χ2n) is 6.62. The van der Waals surface area contributed by atoms with Gasteiger partial charge in [0.15, 0.2) is 16.6 Å². The standard InChI is InChI=1S/C21H17BrCl2N2O4S/c1-25-19(27)14(20(28)26(2)21(25)31)6-12-7-17(29-3)18(9-15(12)22)30-10-11-4-5-13(23)8-16(11)24/h4-9H,10H2,1-3H3. The normalized spacial score (nSPS) is 14.3. The van der Waals surface area contributed by atoms with Crippen LogP contribution in [0.2, 0.25) is 10.0 Å². The quantitative estimate of drug-likeness (QED) is 0.303. The minimum Gasteiger partial charge on any atom is -0.493 e. The zero-order valence-corrected chi connectivity index (χ0v) is 20.7. The van der Waals surface area contributed by atoms with Gasteiger partial charge in [-0.15, -0.1) is 0 Å². The minimum absolute atomic E-state index is 0.0111. The molecule has 1 fully saturated rings. The number of rotatable bonds is 5. The molecule has 0 unspecified atom stereocenters. The van der Waals surface area contributed by atoms with Crippen LogP contribution in [0.4, 0.5) is 0 Å². The van der Waals surface area contributed by atoms with Gasteiger partial charge in [0.25, 0.3) is 11.8 Å². The number of likely N-dealkylation sites (N-methyl/N-ethyl adjacent to an activating group) is 2. The van der Waals surface area contributed by atoms with E-state index in [1.54, 1.807) is 30.3 Å². The maximum atomic E-state index is 12.6. The van der Waals surface area contributed by atoms with E-state index in [4.69, 9.17) is 44.9 Å². The Morgan fingerprint density at radius 2 is 1.71 bits per heavy atom. The second kappa shape index (κ2) is 9.56. The summed E-state index contributed by atoms with van der Waals surface area (Å²) in [7, 11) is 4.55. The van der Waals surface area contributed by atoms with Crippen molar-refractivity contribution in [3.05, 3.63) is 61.5 Å². The molecular weight excluding hydrogens is 527 g/mol. The zero-order chi connectivity index (χ0) is 22.9. The van der Waals surface area contributed by atoms with Crippen molar-refractivity contribution in [1.82, 2.24) is 9.80 Å². The molecule has 2 amide bonds. The van der Waals surface area contributed by atoms with Gasteiger partial charge in [-0.3, -0.25) is 19.4 Å². The fourth-order valence-electron chi connectivity index (χ4n) is 2.86. The number of thiocarbonyl (C=S) groups is 1. The van der Waals surface area contributed by atoms with Crippen molar-refractivity contribution in [3.63, 3.8) is 0 Å². The number of hydrogen-bond donors (Lipinski definition) is 0. The third kappa shape index (κ3) is 4.87. The first-order chi connectivity index (χ1) is 14.6. The van der Waals surface area contributed by atoms with Gasteiger partial charge in [-0.1, -0.05) is 45.2 Å². The Morgan fingerprint density at radius 3 is 2.29 bits per heavy atom. The highest BCUT2D eigenvalue weighted by Crippen LogP contribution is 2.36. The molecule has 0 saturated carbocycles. The number of halogens is 3. The van der Waals surface area contributed by atoms with E-state index in [0.29, 0.717) is 31.6 Å². The molecule has 0 spiro atoms. The Balaban J connectivity index is 1.92. The summed E-state index contributed by atoms with van der Waals surface area (Å²) in [4.78, 5) is 27.6. The molecule has 1 aliphatic heterocycles. The lowest BCUT2D eigenvalue weighted by Gasteiger charge is -2.31. The van der Waals surface area contributed by atoms with Crippen LogP contribution in [0, 0.1) is 0 Å². The van der Waals surface area contributed by atoms with E-state index in [-0.39, 0.29) is 17.3 Å². The molecule has 0 bridgehead atoms. The lowest BCUT2D eigenvalue weighted by molar-refractivity contribution is -0.132. The molecule has 1 saturated heterocycles. The highest BCUT2D eigenvalue weighted by Gasteiger charge is 2.35. The molecule has 0 aromatic heterocycles. The summed E-state index contributed by atoms with van der Waals surface area (Å²) in [6.07, 6.45) is 1.49. The van der Waals surface area contributed by atoms with Crippen molar-refractivity contribution in [3.8, 4) is 11.5 Å². The largest absolute Gasteiger partial charge is 0.493 e. The third-order valence-corrected chi connectivity index (χ3v) is 6.45. The van der Waals surface area contributed by atoms with Crippen molar-refractivity contribution >= 4 is 74.4 Å². The summed E-state index contributed by atoms with van der Waals surface area (Å²) in [5.74, 6) is -0.0688. The minimum atomic E-state index is -0.475. The predicted octanol–water partition coefficient (Wildman–Crippen LogP) is 4.94. The highest BCUT2D eigenvalue weighted by molar-refractivity contribution is 9.10. The van der Waals surface area contributed by atoms with Crippen LogP contribution in [0.1, 0.15) is 11.1 Å². The van der Waals surface area contributed by atoms with E-state index in [1.165, 1.54) is 37.1 Å². The number of methoxy groups -OCH3 is 1. The van der Waals surface area contributed by atoms with E-state index < -0.39 is 11.8 Å². The van der Waals surface area contributed by atoms with E-state index in [0.717, 1.165) is 5.56 Å². The molecule has 0 atom stereocenters. The SMILES string of the molecule is COc1cc(C=C2C(=O)N(C)C(=S)N(C)C2=O)c(Br)cc1OCc1ccc(Cl)cc1Cl. The molecule has 162 valence electrons. The molecule has 2 aromatic carbocycles. The Labute approximate surface area is 203 Å². The summed E-state index contributed by atoms with van der Waals surface area (Å²) in [6, 6.07) is 8.52. The van der Waals surface area contributed by atoms with Crippen LogP contribution in [0.25, 0.3) is 6.08 Å². The fourth-order valence-corrected chi connectivity index (χ4v) is 3.92. The molecule has 31 heavy (non-hydrogen) atoms. The molecule has 3 rings (SSSR count). The molecule has 1 heterocycles. The monoisotopic (exact) mass is 542 g/mol. The number of carbonyl (C=O) groups excluding carboxylic acids is 2. The number of nitrogens with zero attached hydrogens (tertiary/aromatic N) is 2. The van der Waals surface area contributed by atoms with Gasteiger partial charge in [0.05, 0.1) is 7.11 Å². The van der Waals surface area contributed by atoms with Crippen molar-refractivity contribution in [2.45, 2.75) is 6.61 Å². The van der Waals surface area contributed by atoms with Gasteiger partial charge in [-0.05, 0) is 48.1 Å². The summed E-state index contributed by atoms with van der Waals surface area (Å²) >= 11 is 20.7. The van der Waals surface area contributed by atoms with Crippen LogP contribution >= 0.6 is 51.3 Å². The summed E-state index contributed by atoms with van der Waals surface area (Å²) in [6.45, 7) is 0.198. The Hall–Kier alpha value is -2.13. The van der Waals surface area contributed by atoms with E-state index in [9.17, 15) is 9.59 Å². The van der Waals surface area contributed by atoms with Gasteiger partial charge < -0.3 is 9.47 Å². The topological polar surface area (TPSA) is 59.1 Å². The molecule has 10 heteroatoms. The predicted molar refractivity (Wildman–Crippen MR) is 128 cm³/mol. The number of carbonyl (C=O) groups is 2.